The van der Waals surface area contributed by atoms with Gasteiger partial charge in [0.1, 0.15) is 5.69 Å². The van der Waals surface area contributed by atoms with Gasteiger partial charge in [-0.3, -0.25) is 9.98 Å². The van der Waals surface area contributed by atoms with Crippen LogP contribution in [0.4, 0.5) is 17.5 Å². The zero-order chi connectivity index (χ0) is 21.9. The summed E-state index contributed by atoms with van der Waals surface area (Å²) in [7, 11) is 0. The van der Waals surface area contributed by atoms with Gasteiger partial charge in [0.15, 0.2) is 5.82 Å². The fourth-order valence-electron chi connectivity index (χ4n) is 3.60. The van der Waals surface area contributed by atoms with E-state index in [2.05, 4.69) is 41.4 Å². The van der Waals surface area contributed by atoms with Crippen LogP contribution in [0.1, 0.15) is 65.1 Å². The number of aliphatic hydroxyl groups is 1. The van der Waals surface area contributed by atoms with Crippen LogP contribution in [0.15, 0.2) is 29.5 Å². The van der Waals surface area contributed by atoms with Crippen molar-refractivity contribution in [2.45, 2.75) is 72.6 Å². The quantitative estimate of drug-likeness (QED) is 0.591. The van der Waals surface area contributed by atoms with E-state index in [1.807, 2.05) is 45.3 Å². The Kier molecular flexibility index (Phi) is 6.71. The van der Waals surface area contributed by atoms with Gasteiger partial charge in [-0.15, -0.1) is 0 Å². The van der Waals surface area contributed by atoms with Gasteiger partial charge in [-0.25, -0.2) is 4.98 Å². The smallest absolute Gasteiger partial charge is 0.225 e. The van der Waals surface area contributed by atoms with Gasteiger partial charge >= 0.3 is 0 Å². The van der Waals surface area contributed by atoms with Crippen LogP contribution < -0.4 is 10.6 Å². The molecule has 0 fully saturated rings. The van der Waals surface area contributed by atoms with Gasteiger partial charge in [0.2, 0.25) is 5.95 Å². The fraction of sp³-hybridized carbons (Fsp3) is 0.565. The predicted molar refractivity (Wildman–Crippen MR) is 122 cm³/mol. The molecule has 0 aromatic carbocycles. The first-order valence-corrected chi connectivity index (χ1v) is 10.7. The maximum absolute atomic E-state index is 10.8. The van der Waals surface area contributed by atoms with Crippen molar-refractivity contribution in [1.82, 2.24) is 15.0 Å². The summed E-state index contributed by atoms with van der Waals surface area (Å²) >= 11 is 0. The van der Waals surface area contributed by atoms with Crippen molar-refractivity contribution in [2.75, 3.05) is 10.6 Å². The van der Waals surface area contributed by atoms with Gasteiger partial charge in [0.05, 0.1) is 17.8 Å². The summed E-state index contributed by atoms with van der Waals surface area (Å²) in [5.74, 6) is 1.75. The van der Waals surface area contributed by atoms with Crippen LogP contribution in [0.5, 0.6) is 0 Å². The van der Waals surface area contributed by atoms with Crippen LogP contribution in [0.3, 0.4) is 0 Å². The third kappa shape index (κ3) is 4.95. The minimum absolute atomic E-state index is 0.144. The summed E-state index contributed by atoms with van der Waals surface area (Å²) in [6, 6.07) is 3.79. The SMILES string of the molecule is CC[C@H](Nc1nc(NCc2cccnc2)c2c(n1)C(C(C)C)C=N2)C(O)C(C)(C)C. The molecule has 2 aromatic heterocycles. The molecular weight excluding hydrogens is 376 g/mol. The number of hydrogen-bond acceptors (Lipinski definition) is 7. The molecule has 3 rings (SSSR count). The molecule has 162 valence electrons. The van der Waals surface area contributed by atoms with Gasteiger partial charge in [-0.05, 0) is 29.4 Å². The molecule has 0 saturated carbocycles. The summed E-state index contributed by atoms with van der Waals surface area (Å²) in [6.45, 7) is 13.1. The standard InChI is InChI=1S/C23H34N6O/c1-7-17(20(30)23(4,5)6)27-22-28-18-16(14(2)3)13-25-19(18)21(29-22)26-12-15-9-8-10-24-11-15/h8-11,13-14,16-17,20,30H,7,12H2,1-6H3,(H2,26,27,28,29)/t16?,17-,20?/m0/s1. The Morgan fingerprint density at radius 2 is 1.97 bits per heavy atom. The third-order valence-corrected chi connectivity index (χ3v) is 5.51. The number of nitrogens with zero attached hydrogens (tertiary/aromatic N) is 4. The largest absolute Gasteiger partial charge is 0.390 e. The molecule has 3 heterocycles. The van der Waals surface area contributed by atoms with Crippen LogP contribution in [0, 0.1) is 11.3 Å². The van der Waals surface area contributed by atoms with E-state index in [0.29, 0.717) is 24.2 Å². The minimum atomic E-state index is -0.525. The van der Waals surface area contributed by atoms with Gasteiger partial charge in [0, 0.05) is 31.1 Å². The van der Waals surface area contributed by atoms with E-state index in [4.69, 9.17) is 9.97 Å². The van der Waals surface area contributed by atoms with Crippen LogP contribution in [-0.2, 0) is 6.54 Å². The molecule has 7 heteroatoms. The molecule has 0 saturated heterocycles. The average Bonchev–Trinajstić information content (AvgIpc) is 3.14. The zero-order valence-electron chi connectivity index (χ0n) is 18.8. The topological polar surface area (TPSA) is 95.3 Å². The lowest BCUT2D eigenvalue weighted by atomic mass is 9.84. The van der Waals surface area contributed by atoms with E-state index in [1.165, 1.54) is 0 Å². The normalized spacial score (nSPS) is 17.7. The number of aliphatic hydroxyl groups excluding tert-OH is 1. The second-order valence-electron chi connectivity index (χ2n) is 9.36. The molecule has 0 spiro atoms. The van der Waals surface area contributed by atoms with E-state index < -0.39 is 6.10 Å². The van der Waals surface area contributed by atoms with Crippen molar-refractivity contribution < 1.29 is 5.11 Å². The Morgan fingerprint density at radius 1 is 1.20 bits per heavy atom. The second-order valence-corrected chi connectivity index (χ2v) is 9.36. The van der Waals surface area contributed by atoms with E-state index in [-0.39, 0.29) is 17.4 Å². The number of pyridine rings is 1. The molecule has 3 atom stereocenters. The number of nitrogens with one attached hydrogen (secondary N) is 2. The molecule has 2 aromatic rings. The second kappa shape index (κ2) is 9.08. The number of fused-ring (bicyclic) bond motifs is 1. The number of anilines is 2. The lowest BCUT2D eigenvalue weighted by Gasteiger charge is -2.33. The summed E-state index contributed by atoms with van der Waals surface area (Å²) in [4.78, 5) is 18.3. The summed E-state index contributed by atoms with van der Waals surface area (Å²) in [5.41, 5.74) is 2.55. The van der Waals surface area contributed by atoms with Crippen molar-refractivity contribution in [3.63, 3.8) is 0 Å². The average molecular weight is 411 g/mol. The molecule has 7 nitrogen and oxygen atoms in total. The number of rotatable bonds is 8. The number of aromatic nitrogens is 3. The van der Waals surface area contributed by atoms with Crippen LogP contribution in [0.2, 0.25) is 0 Å². The van der Waals surface area contributed by atoms with Crippen molar-refractivity contribution >= 4 is 23.7 Å². The third-order valence-electron chi connectivity index (χ3n) is 5.51. The van der Waals surface area contributed by atoms with Crippen molar-refractivity contribution in [1.29, 1.82) is 0 Å². The summed E-state index contributed by atoms with van der Waals surface area (Å²) in [6.07, 6.45) is 5.80. The summed E-state index contributed by atoms with van der Waals surface area (Å²) < 4.78 is 0. The van der Waals surface area contributed by atoms with Crippen LogP contribution in [-0.4, -0.2) is 38.4 Å². The number of hydrogen-bond donors (Lipinski definition) is 3. The molecule has 0 bridgehead atoms. The summed E-state index contributed by atoms with van der Waals surface area (Å²) in [5, 5.41) is 17.6. The van der Waals surface area contributed by atoms with Gasteiger partial charge in [-0.1, -0.05) is 47.6 Å². The molecular formula is C23H34N6O. The fourth-order valence-corrected chi connectivity index (χ4v) is 3.60. The van der Waals surface area contributed by atoms with Gasteiger partial charge < -0.3 is 15.7 Å². The monoisotopic (exact) mass is 410 g/mol. The highest BCUT2D eigenvalue weighted by atomic mass is 16.3. The highest BCUT2D eigenvalue weighted by molar-refractivity contribution is 5.85. The van der Waals surface area contributed by atoms with Crippen molar-refractivity contribution in [3.05, 3.63) is 35.8 Å². The van der Waals surface area contributed by atoms with E-state index >= 15 is 0 Å². The molecule has 0 aliphatic carbocycles. The zero-order valence-corrected chi connectivity index (χ0v) is 18.8. The molecule has 1 aliphatic heterocycles. The van der Waals surface area contributed by atoms with E-state index in [9.17, 15) is 5.11 Å². The Balaban J connectivity index is 1.91. The van der Waals surface area contributed by atoms with Gasteiger partial charge in [-0.2, -0.15) is 4.98 Å². The molecule has 0 radical (unpaired) electrons. The van der Waals surface area contributed by atoms with Crippen LogP contribution >= 0.6 is 0 Å². The lowest BCUT2D eigenvalue weighted by molar-refractivity contribution is 0.0450. The Morgan fingerprint density at radius 3 is 2.57 bits per heavy atom. The molecule has 3 N–H and O–H groups in total. The molecule has 2 unspecified atom stereocenters. The first-order valence-electron chi connectivity index (χ1n) is 10.7. The molecule has 0 amide bonds. The maximum atomic E-state index is 10.8. The van der Waals surface area contributed by atoms with E-state index in [0.717, 1.165) is 23.4 Å². The minimum Gasteiger partial charge on any atom is -0.390 e. The highest BCUT2D eigenvalue weighted by Crippen LogP contribution is 2.40. The van der Waals surface area contributed by atoms with E-state index in [1.54, 1.807) is 6.20 Å². The molecule has 30 heavy (non-hydrogen) atoms. The first kappa shape index (κ1) is 22.2. The lowest BCUT2D eigenvalue weighted by Crippen LogP contribution is -2.42. The Hall–Kier alpha value is -2.54. The van der Waals surface area contributed by atoms with Crippen LogP contribution in [0.25, 0.3) is 0 Å². The predicted octanol–water partition coefficient (Wildman–Crippen LogP) is 4.54. The van der Waals surface area contributed by atoms with Crippen molar-refractivity contribution in [2.24, 2.45) is 16.3 Å². The number of aliphatic imine (C=N–C) groups is 1. The van der Waals surface area contributed by atoms with Crippen molar-refractivity contribution in [3.8, 4) is 0 Å². The Bertz CT molecular complexity index is 875. The van der Waals surface area contributed by atoms with Gasteiger partial charge in [0.25, 0.3) is 0 Å². The molecule has 1 aliphatic rings. The Labute approximate surface area is 179 Å². The highest BCUT2D eigenvalue weighted by Gasteiger charge is 2.32. The maximum Gasteiger partial charge on any atom is 0.225 e. The first-order chi connectivity index (χ1) is 14.2.